The van der Waals surface area contributed by atoms with Gasteiger partial charge >= 0.3 is 0 Å². The third kappa shape index (κ3) is 13.3. The lowest BCUT2D eigenvalue weighted by atomic mass is 10.4. The van der Waals surface area contributed by atoms with Crippen LogP contribution >= 0.6 is 0 Å². The summed E-state index contributed by atoms with van der Waals surface area (Å²) in [6.07, 6.45) is 2.52. The molecule has 0 fully saturated rings. The summed E-state index contributed by atoms with van der Waals surface area (Å²) in [4.78, 5) is 11.2. The molecule has 1 amide bonds. The SMILES string of the molecule is COCCCNC(=O)CNCCCS(C)(=O)=O. The van der Waals surface area contributed by atoms with Crippen LogP contribution in [0.1, 0.15) is 12.8 Å². The average Bonchev–Trinajstić information content (AvgIpc) is 2.22. The van der Waals surface area contributed by atoms with E-state index in [4.69, 9.17) is 4.74 Å². The van der Waals surface area contributed by atoms with Gasteiger partial charge in [0.25, 0.3) is 0 Å². The standard InChI is InChI=1S/C10H22N2O4S/c1-16-7-3-6-12-10(13)9-11-5-4-8-17(2,14)15/h11H,3-9H2,1-2H3,(H,12,13). The molecule has 102 valence electrons. The molecule has 0 unspecified atom stereocenters. The van der Waals surface area contributed by atoms with Gasteiger partial charge < -0.3 is 15.4 Å². The minimum absolute atomic E-state index is 0.0829. The lowest BCUT2D eigenvalue weighted by Crippen LogP contribution is -2.35. The zero-order valence-electron chi connectivity index (χ0n) is 10.5. The molecule has 2 N–H and O–H groups in total. The van der Waals surface area contributed by atoms with Crippen LogP contribution < -0.4 is 10.6 Å². The molecule has 0 radical (unpaired) electrons. The number of nitrogens with one attached hydrogen (secondary N) is 2. The van der Waals surface area contributed by atoms with Gasteiger partial charge in [-0.25, -0.2) is 8.42 Å². The van der Waals surface area contributed by atoms with E-state index in [-0.39, 0.29) is 18.2 Å². The average molecular weight is 266 g/mol. The molecule has 7 heteroatoms. The van der Waals surface area contributed by atoms with Crippen molar-refractivity contribution in [1.29, 1.82) is 0 Å². The van der Waals surface area contributed by atoms with Crippen LogP contribution in [-0.2, 0) is 19.4 Å². The first-order chi connectivity index (χ1) is 7.95. The quantitative estimate of drug-likeness (QED) is 0.504. The third-order valence-corrected chi connectivity index (χ3v) is 3.03. The Bertz CT molecular complexity index is 303. The summed E-state index contributed by atoms with van der Waals surface area (Å²) in [7, 11) is -1.28. The first kappa shape index (κ1) is 16.3. The molecule has 0 saturated carbocycles. The van der Waals surface area contributed by atoms with Crippen LogP contribution in [0.25, 0.3) is 0 Å². The number of ether oxygens (including phenoxy) is 1. The van der Waals surface area contributed by atoms with Crippen molar-refractivity contribution in [2.45, 2.75) is 12.8 Å². The van der Waals surface area contributed by atoms with Crippen LogP contribution in [-0.4, -0.2) is 59.7 Å². The highest BCUT2D eigenvalue weighted by Gasteiger charge is 2.02. The molecular formula is C10H22N2O4S. The molecule has 0 aromatic heterocycles. The monoisotopic (exact) mass is 266 g/mol. The van der Waals surface area contributed by atoms with Crippen molar-refractivity contribution in [3.63, 3.8) is 0 Å². The van der Waals surface area contributed by atoms with Crippen LogP contribution in [0.5, 0.6) is 0 Å². The molecule has 0 aliphatic carbocycles. The van der Waals surface area contributed by atoms with Crippen molar-refractivity contribution in [1.82, 2.24) is 10.6 Å². The number of amides is 1. The van der Waals surface area contributed by atoms with Gasteiger partial charge in [-0.1, -0.05) is 0 Å². The topological polar surface area (TPSA) is 84.5 Å². The van der Waals surface area contributed by atoms with Crippen LogP contribution in [0.2, 0.25) is 0 Å². The number of methoxy groups -OCH3 is 1. The number of rotatable bonds is 10. The van der Waals surface area contributed by atoms with Crippen molar-refractivity contribution in [3.8, 4) is 0 Å². The fraction of sp³-hybridized carbons (Fsp3) is 0.900. The Morgan fingerprint density at radius 2 is 1.94 bits per heavy atom. The van der Waals surface area contributed by atoms with Gasteiger partial charge in [0, 0.05) is 26.5 Å². The second kappa shape index (κ2) is 9.38. The van der Waals surface area contributed by atoms with Gasteiger partial charge in [0.15, 0.2) is 0 Å². The van der Waals surface area contributed by atoms with E-state index in [2.05, 4.69) is 10.6 Å². The van der Waals surface area contributed by atoms with E-state index in [1.807, 2.05) is 0 Å². The van der Waals surface area contributed by atoms with E-state index in [0.717, 1.165) is 6.42 Å². The summed E-state index contributed by atoms with van der Waals surface area (Å²) in [5, 5.41) is 5.62. The van der Waals surface area contributed by atoms with Gasteiger partial charge in [-0.05, 0) is 19.4 Å². The van der Waals surface area contributed by atoms with Crippen LogP contribution in [0.3, 0.4) is 0 Å². The van der Waals surface area contributed by atoms with Gasteiger partial charge in [-0.2, -0.15) is 0 Å². The summed E-state index contributed by atoms with van der Waals surface area (Å²) < 4.78 is 26.5. The second-order valence-corrected chi connectivity index (χ2v) is 6.12. The molecule has 0 rings (SSSR count). The van der Waals surface area contributed by atoms with E-state index in [1.54, 1.807) is 7.11 Å². The third-order valence-electron chi connectivity index (χ3n) is 2.00. The molecule has 0 spiro atoms. The maximum Gasteiger partial charge on any atom is 0.233 e. The Morgan fingerprint density at radius 3 is 2.53 bits per heavy atom. The summed E-state index contributed by atoms with van der Waals surface area (Å²) in [6.45, 7) is 1.97. The molecule has 0 aliphatic heterocycles. The van der Waals surface area contributed by atoms with E-state index in [9.17, 15) is 13.2 Å². The van der Waals surface area contributed by atoms with Gasteiger partial charge in [-0.15, -0.1) is 0 Å². The molecular weight excluding hydrogens is 244 g/mol. The molecule has 0 aliphatic rings. The number of sulfone groups is 1. The Labute approximate surface area is 103 Å². The normalized spacial score (nSPS) is 11.4. The number of carbonyl (C=O) groups is 1. The number of carbonyl (C=O) groups excluding carboxylic acids is 1. The van der Waals surface area contributed by atoms with E-state index < -0.39 is 9.84 Å². The molecule has 0 heterocycles. The fourth-order valence-corrected chi connectivity index (χ4v) is 1.84. The molecule has 17 heavy (non-hydrogen) atoms. The molecule has 0 aromatic carbocycles. The van der Waals surface area contributed by atoms with Crippen molar-refractivity contribution in [2.75, 3.05) is 45.4 Å². The largest absolute Gasteiger partial charge is 0.385 e. The van der Waals surface area contributed by atoms with E-state index >= 15 is 0 Å². The summed E-state index contributed by atoms with van der Waals surface area (Å²) in [5.74, 6) is 0.0654. The first-order valence-electron chi connectivity index (χ1n) is 5.60. The Morgan fingerprint density at radius 1 is 1.24 bits per heavy atom. The number of hydrogen-bond donors (Lipinski definition) is 2. The Balaban J connectivity index is 3.33. The second-order valence-electron chi connectivity index (χ2n) is 3.86. The highest BCUT2D eigenvalue weighted by molar-refractivity contribution is 7.90. The maximum atomic E-state index is 11.2. The van der Waals surface area contributed by atoms with Crippen LogP contribution in [0.15, 0.2) is 0 Å². The van der Waals surface area contributed by atoms with Crippen molar-refractivity contribution < 1.29 is 17.9 Å². The minimum Gasteiger partial charge on any atom is -0.385 e. The molecule has 0 aromatic rings. The fourth-order valence-electron chi connectivity index (χ4n) is 1.17. The van der Waals surface area contributed by atoms with Gasteiger partial charge in [0.1, 0.15) is 9.84 Å². The highest BCUT2D eigenvalue weighted by Crippen LogP contribution is 1.86. The van der Waals surface area contributed by atoms with Gasteiger partial charge in [-0.3, -0.25) is 4.79 Å². The van der Waals surface area contributed by atoms with Gasteiger partial charge in [0.05, 0.1) is 12.3 Å². The highest BCUT2D eigenvalue weighted by atomic mass is 32.2. The Kier molecular flexibility index (Phi) is 9.01. The summed E-state index contributed by atoms with van der Waals surface area (Å²) in [5.41, 5.74) is 0. The first-order valence-corrected chi connectivity index (χ1v) is 7.66. The van der Waals surface area contributed by atoms with Crippen LogP contribution in [0.4, 0.5) is 0 Å². The summed E-state index contributed by atoms with van der Waals surface area (Å²) in [6, 6.07) is 0. The molecule has 6 nitrogen and oxygen atoms in total. The zero-order chi connectivity index (χ0) is 13.1. The number of hydrogen-bond acceptors (Lipinski definition) is 5. The molecule has 0 bridgehead atoms. The van der Waals surface area contributed by atoms with Crippen LogP contribution in [0, 0.1) is 0 Å². The maximum absolute atomic E-state index is 11.2. The smallest absolute Gasteiger partial charge is 0.233 e. The molecule has 0 atom stereocenters. The van der Waals surface area contributed by atoms with Crippen molar-refractivity contribution in [2.24, 2.45) is 0 Å². The predicted molar refractivity (Wildman–Crippen MR) is 66.7 cm³/mol. The zero-order valence-corrected chi connectivity index (χ0v) is 11.3. The Hall–Kier alpha value is -0.660. The lowest BCUT2D eigenvalue weighted by molar-refractivity contribution is -0.120. The summed E-state index contributed by atoms with van der Waals surface area (Å²) >= 11 is 0. The van der Waals surface area contributed by atoms with Gasteiger partial charge in [0.2, 0.25) is 5.91 Å². The van der Waals surface area contributed by atoms with Crippen molar-refractivity contribution in [3.05, 3.63) is 0 Å². The minimum atomic E-state index is -2.90. The van der Waals surface area contributed by atoms with Crippen molar-refractivity contribution >= 4 is 15.7 Å². The predicted octanol–water partition coefficient (Wildman–Crippen LogP) is -0.837. The lowest BCUT2D eigenvalue weighted by Gasteiger charge is -2.06. The van der Waals surface area contributed by atoms with E-state index in [0.29, 0.717) is 26.1 Å². The van der Waals surface area contributed by atoms with E-state index in [1.165, 1.54) is 6.26 Å². The molecule has 0 saturated heterocycles.